The highest BCUT2D eigenvalue weighted by atomic mass is 32.1. The second-order valence-electron chi connectivity index (χ2n) is 9.02. The second kappa shape index (κ2) is 9.58. The number of aromatic amines is 2. The Bertz CT molecular complexity index is 1940. The number of nitrogens with one attached hydrogen (secondary N) is 3. The summed E-state index contributed by atoms with van der Waals surface area (Å²) in [5.41, 5.74) is 8.07. The van der Waals surface area contributed by atoms with Gasteiger partial charge in [0.1, 0.15) is 11.2 Å². The lowest BCUT2D eigenvalue weighted by atomic mass is 10.1. The van der Waals surface area contributed by atoms with Gasteiger partial charge in [-0.05, 0) is 35.2 Å². The van der Waals surface area contributed by atoms with Crippen LogP contribution in [-0.4, -0.2) is 41.0 Å². The number of hydrogen-bond donors (Lipinski definition) is 3. The summed E-state index contributed by atoms with van der Waals surface area (Å²) in [5.74, 6) is 0.544. The minimum Gasteiger partial charge on any atom is -0.337 e. The standard InChI is InChI=1S/C29H20N8OS/c38-24(10-17-4-2-1-3-5-17)33-21-11-19(13-30-15-21)20-12-22-26(36-37-28(22)32-14-20)29-34-23-6-8-31-25(27(23)35-29)18-7-9-39-16-18/h1-9,11-16H,10H2,(H,33,38)(H,34,35)(H,32,36,37). The molecule has 0 fully saturated rings. The molecule has 1 aromatic carbocycles. The number of carbonyl (C=O) groups is 1. The lowest BCUT2D eigenvalue weighted by Gasteiger charge is -2.07. The maximum atomic E-state index is 12.6. The number of imidazole rings is 1. The summed E-state index contributed by atoms with van der Waals surface area (Å²) in [6.45, 7) is 0. The molecule has 7 aromatic rings. The molecule has 3 N–H and O–H groups in total. The monoisotopic (exact) mass is 528 g/mol. The Morgan fingerprint density at radius 3 is 2.72 bits per heavy atom. The van der Waals surface area contributed by atoms with E-state index in [1.807, 2.05) is 60.0 Å². The Kier molecular flexibility index (Phi) is 5.64. The summed E-state index contributed by atoms with van der Waals surface area (Å²) in [7, 11) is 0. The number of carbonyl (C=O) groups excluding carboxylic acids is 1. The van der Waals surface area contributed by atoms with E-state index in [-0.39, 0.29) is 12.3 Å². The minimum atomic E-state index is -0.105. The lowest BCUT2D eigenvalue weighted by molar-refractivity contribution is -0.115. The van der Waals surface area contributed by atoms with E-state index in [4.69, 9.17) is 4.98 Å². The molecule has 0 atom stereocenters. The molecule has 7 rings (SSSR count). The van der Waals surface area contributed by atoms with Crippen molar-refractivity contribution in [2.75, 3.05) is 5.32 Å². The van der Waals surface area contributed by atoms with Crippen molar-refractivity contribution in [2.45, 2.75) is 6.42 Å². The summed E-state index contributed by atoms with van der Waals surface area (Å²) in [4.78, 5) is 34.3. The number of pyridine rings is 3. The summed E-state index contributed by atoms with van der Waals surface area (Å²) in [5, 5.41) is 15.3. The van der Waals surface area contributed by atoms with Crippen LogP contribution in [0.1, 0.15) is 5.56 Å². The van der Waals surface area contributed by atoms with Crippen LogP contribution in [0.5, 0.6) is 0 Å². The predicted octanol–water partition coefficient (Wildman–Crippen LogP) is 5.87. The first-order chi connectivity index (χ1) is 19.2. The molecule has 0 unspecified atom stereocenters. The number of H-pyrrole nitrogens is 2. The topological polar surface area (TPSA) is 125 Å². The highest BCUT2D eigenvalue weighted by Gasteiger charge is 2.17. The van der Waals surface area contributed by atoms with Crippen molar-refractivity contribution in [1.29, 1.82) is 0 Å². The Morgan fingerprint density at radius 2 is 1.85 bits per heavy atom. The third-order valence-corrected chi connectivity index (χ3v) is 7.09. The normalized spacial score (nSPS) is 11.3. The van der Waals surface area contributed by atoms with Gasteiger partial charge in [-0.25, -0.2) is 9.97 Å². The van der Waals surface area contributed by atoms with Gasteiger partial charge in [-0.1, -0.05) is 30.3 Å². The number of hydrogen-bond acceptors (Lipinski definition) is 7. The summed E-state index contributed by atoms with van der Waals surface area (Å²) in [6.07, 6.45) is 7.19. The van der Waals surface area contributed by atoms with Crippen molar-refractivity contribution in [3.8, 4) is 33.9 Å². The van der Waals surface area contributed by atoms with Crippen LogP contribution in [0.25, 0.3) is 56.0 Å². The van der Waals surface area contributed by atoms with Crippen LogP contribution in [0.4, 0.5) is 5.69 Å². The summed E-state index contributed by atoms with van der Waals surface area (Å²) in [6, 6.07) is 17.5. The van der Waals surface area contributed by atoms with E-state index >= 15 is 0 Å². The molecule has 39 heavy (non-hydrogen) atoms. The van der Waals surface area contributed by atoms with Crippen LogP contribution in [0, 0.1) is 0 Å². The molecule has 0 aliphatic carbocycles. The summed E-state index contributed by atoms with van der Waals surface area (Å²) < 4.78 is 0. The van der Waals surface area contributed by atoms with Crippen molar-refractivity contribution >= 4 is 45.0 Å². The number of thiophene rings is 1. The molecule has 6 heterocycles. The average molecular weight is 529 g/mol. The number of aromatic nitrogens is 7. The van der Waals surface area contributed by atoms with Gasteiger partial charge in [-0.2, -0.15) is 16.4 Å². The Labute approximate surface area is 226 Å². The van der Waals surface area contributed by atoms with E-state index in [0.29, 0.717) is 17.2 Å². The molecular formula is C29H20N8OS. The molecule has 6 aromatic heterocycles. The van der Waals surface area contributed by atoms with Gasteiger partial charge in [0.2, 0.25) is 5.91 Å². The first kappa shape index (κ1) is 22.9. The van der Waals surface area contributed by atoms with Gasteiger partial charge < -0.3 is 10.3 Å². The second-order valence-corrected chi connectivity index (χ2v) is 9.80. The molecule has 0 bridgehead atoms. The van der Waals surface area contributed by atoms with E-state index in [1.54, 1.807) is 36.1 Å². The average Bonchev–Trinajstić information content (AvgIpc) is 3.73. The first-order valence-electron chi connectivity index (χ1n) is 12.2. The van der Waals surface area contributed by atoms with Gasteiger partial charge in [0.25, 0.3) is 0 Å². The fourth-order valence-corrected chi connectivity index (χ4v) is 5.20. The maximum absolute atomic E-state index is 12.6. The third kappa shape index (κ3) is 4.42. The number of anilines is 1. The van der Waals surface area contributed by atoms with Crippen molar-refractivity contribution in [3.63, 3.8) is 0 Å². The van der Waals surface area contributed by atoms with Gasteiger partial charge >= 0.3 is 0 Å². The van der Waals surface area contributed by atoms with Crippen LogP contribution in [0.2, 0.25) is 0 Å². The number of benzene rings is 1. The number of amides is 1. The minimum absolute atomic E-state index is 0.105. The van der Waals surface area contributed by atoms with Crippen LogP contribution in [0.3, 0.4) is 0 Å². The van der Waals surface area contributed by atoms with Crippen LogP contribution in [0.15, 0.2) is 90.1 Å². The largest absolute Gasteiger partial charge is 0.337 e. The van der Waals surface area contributed by atoms with Gasteiger partial charge in [0.15, 0.2) is 11.5 Å². The fourth-order valence-electron chi connectivity index (χ4n) is 4.55. The zero-order valence-electron chi connectivity index (χ0n) is 20.4. The van der Waals surface area contributed by atoms with E-state index in [0.717, 1.165) is 50.1 Å². The van der Waals surface area contributed by atoms with Gasteiger partial charge in [-0.3, -0.25) is 19.9 Å². The van der Waals surface area contributed by atoms with E-state index in [2.05, 4.69) is 40.8 Å². The number of rotatable bonds is 6. The zero-order valence-corrected chi connectivity index (χ0v) is 21.2. The SMILES string of the molecule is O=C(Cc1ccccc1)Nc1cncc(-c2cnc3n[nH]c(-c4nc5c(-c6ccsc6)nccc5[nH]4)c3c2)c1. The van der Waals surface area contributed by atoms with Gasteiger partial charge in [0.05, 0.1) is 34.9 Å². The molecule has 188 valence electrons. The molecule has 0 saturated carbocycles. The maximum Gasteiger partial charge on any atom is 0.228 e. The van der Waals surface area contributed by atoms with E-state index in [9.17, 15) is 4.79 Å². The molecule has 0 saturated heterocycles. The molecule has 0 aliphatic rings. The molecular weight excluding hydrogens is 508 g/mol. The quantitative estimate of drug-likeness (QED) is 0.248. The van der Waals surface area contributed by atoms with Crippen LogP contribution in [-0.2, 0) is 11.2 Å². The molecule has 10 heteroatoms. The lowest BCUT2D eigenvalue weighted by Crippen LogP contribution is -2.14. The van der Waals surface area contributed by atoms with Crippen LogP contribution >= 0.6 is 11.3 Å². The molecule has 0 aliphatic heterocycles. The number of fused-ring (bicyclic) bond motifs is 2. The fraction of sp³-hybridized carbons (Fsp3) is 0.0345. The zero-order chi connectivity index (χ0) is 26.2. The predicted molar refractivity (Wildman–Crippen MR) is 152 cm³/mol. The summed E-state index contributed by atoms with van der Waals surface area (Å²) >= 11 is 1.62. The van der Waals surface area contributed by atoms with E-state index < -0.39 is 0 Å². The number of nitrogens with zero attached hydrogens (tertiary/aromatic N) is 5. The molecule has 0 radical (unpaired) electrons. The van der Waals surface area contributed by atoms with Crippen molar-refractivity contribution < 1.29 is 4.79 Å². The Hall–Kier alpha value is -5.22. The molecule has 1 amide bonds. The van der Waals surface area contributed by atoms with Gasteiger partial charge in [0, 0.05) is 40.7 Å². The highest BCUT2D eigenvalue weighted by Crippen LogP contribution is 2.32. The van der Waals surface area contributed by atoms with E-state index in [1.165, 1.54) is 0 Å². The van der Waals surface area contributed by atoms with Gasteiger partial charge in [-0.15, -0.1) is 0 Å². The van der Waals surface area contributed by atoms with Crippen molar-refractivity contribution in [1.82, 2.24) is 35.1 Å². The smallest absolute Gasteiger partial charge is 0.228 e. The Balaban J connectivity index is 1.21. The van der Waals surface area contributed by atoms with Crippen molar-refractivity contribution in [2.24, 2.45) is 0 Å². The molecule has 0 spiro atoms. The van der Waals surface area contributed by atoms with Crippen LogP contribution < -0.4 is 5.32 Å². The van der Waals surface area contributed by atoms with Crippen molar-refractivity contribution in [3.05, 3.63) is 95.7 Å². The first-order valence-corrected chi connectivity index (χ1v) is 13.2. The highest BCUT2D eigenvalue weighted by molar-refractivity contribution is 7.08. The Morgan fingerprint density at radius 1 is 0.949 bits per heavy atom. The third-order valence-electron chi connectivity index (χ3n) is 6.40. The molecule has 9 nitrogen and oxygen atoms in total.